The molecule has 0 radical (unpaired) electrons. The van der Waals surface area contributed by atoms with E-state index in [9.17, 15) is 9.59 Å². The Morgan fingerprint density at radius 3 is 2.87 bits per heavy atom. The Morgan fingerprint density at radius 1 is 1.39 bits per heavy atom. The van der Waals surface area contributed by atoms with E-state index in [1.54, 1.807) is 32.2 Å². The standard InChI is InChI=1S/C15H16ClN3O3S/c1-9-13(14(17-2)23-19-9)15(21)22-8-12(20)18-7-10-4-3-5-11(16)6-10/h3-6,17H,7-8H2,1-2H3,(H,18,20). The van der Waals surface area contributed by atoms with Gasteiger partial charge in [-0.2, -0.15) is 4.37 Å². The van der Waals surface area contributed by atoms with Gasteiger partial charge in [-0.3, -0.25) is 4.79 Å². The number of hydrogen-bond acceptors (Lipinski definition) is 6. The highest BCUT2D eigenvalue weighted by atomic mass is 35.5. The second kappa shape index (κ2) is 7.94. The van der Waals surface area contributed by atoms with Gasteiger partial charge in [-0.1, -0.05) is 23.7 Å². The van der Waals surface area contributed by atoms with Gasteiger partial charge in [-0.05, 0) is 36.2 Å². The van der Waals surface area contributed by atoms with Crippen LogP contribution in [0.4, 0.5) is 5.00 Å². The smallest absolute Gasteiger partial charge is 0.343 e. The SMILES string of the molecule is CNc1snc(C)c1C(=O)OCC(=O)NCc1cccc(Cl)c1. The first kappa shape index (κ1) is 17.2. The molecule has 2 aromatic rings. The van der Waals surface area contributed by atoms with Crippen LogP contribution in [0, 0.1) is 6.92 Å². The van der Waals surface area contributed by atoms with Crippen molar-refractivity contribution >= 4 is 40.0 Å². The van der Waals surface area contributed by atoms with Gasteiger partial charge in [0.2, 0.25) is 0 Å². The van der Waals surface area contributed by atoms with Crippen molar-refractivity contribution in [1.29, 1.82) is 0 Å². The van der Waals surface area contributed by atoms with Crippen LogP contribution in [0.25, 0.3) is 0 Å². The van der Waals surface area contributed by atoms with Crippen LogP contribution < -0.4 is 10.6 Å². The second-order valence-electron chi connectivity index (χ2n) is 4.70. The molecule has 0 bridgehead atoms. The van der Waals surface area contributed by atoms with E-state index < -0.39 is 5.97 Å². The van der Waals surface area contributed by atoms with Crippen LogP contribution in [0.1, 0.15) is 21.6 Å². The first-order valence-electron chi connectivity index (χ1n) is 6.83. The van der Waals surface area contributed by atoms with Crippen molar-refractivity contribution in [2.24, 2.45) is 0 Å². The van der Waals surface area contributed by atoms with Crippen LogP contribution in [0.3, 0.4) is 0 Å². The number of halogens is 1. The molecular formula is C15H16ClN3O3S. The molecule has 8 heteroatoms. The lowest BCUT2D eigenvalue weighted by Crippen LogP contribution is -2.28. The van der Waals surface area contributed by atoms with Gasteiger partial charge in [0.05, 0.1) is 5.69 Å². The van der Waals surface area contributed by atoms with Gasteiger partial charge in [0.1, 0.15) is 10.6 Å². The molecule has 6 nitrogen and oxygen atoms in total. The number of aromatic nitrogens is 1. The normalized spacial score (nSPS) is 10.2. The molecule has 0 fully saturated rings. The minimum absolute atomic E-state index is 0.317. The average Bonchev–Trinajstić information content (AvgIpc) is 2.91. The van der Waals surface area contributed by atoms with Crippen molar-refractivity contribution in [3.63, 3.8) is 0 Å². The lowest BCUT2D eigenvalue weighted by atomic mass is 10.2. The second-order valence-corrected chi connectivity index (χ2v) is 5.91. The first-order chi connectivity index (χ1) is 11.0. The molecule has 0 aliphatic carbocycles. The van der Waals surface area contributed by atoms with E-state index in [0.717, 1.165) is 5.56 Å². The van der Waals surface area contributed by atoms with Gasteiger partial charge < -0.3 is 15.4 Å². The number of carbonyl (C=O) groups is 2. The number of anilines is 1. The van der Waals surface area contributed by atoms with E-state index in [-0.39, 0.29) is 12.5 Å². The molecule has 0 atom stereocenters. The van der Waals surface area contributed by atoms with Gasteiger partial charge in [0.25, 0.3) is 5.91 Å². The van der Waals surface area contributed by atoms with E-state index in [1.807, 2.05) is 6.07 Å². The average molecular weight is 354 g/mol. The zero-order chi connectivity index (χ0) is 16.8. The number of hydrogen-bond donors (Lipinski definition) is 2. The van der Waals surface area contributed by atoms with Crippen molar-refractivity contribution in [3.8, 4) is 0 Å². The Labute approximate surface area is 143 Å². The summed E-state index contributed by atoms with van der Waals surface area (Å²) in [6.45, 7) is 1.68. The maximum absolute atomic E-state index is 12.0. The molecule has 1 aromatic carbocycles. The number of benzene rings is 1. The lowest BCUT2D eigenvalue weighted by Gasteiger charge is -2.07. The van der Waals surface area contributed by atoms with Crippen molar-refractivity contribution in [1.82, 2.24) is 9.69 Å². The van der Waals surface area contributed by atoms with E-state index in [2.05, 4.69) is 15.0 Å². The van der Waals surface area contributed by atoms with Gasteiger partial charge in [-0.15, -0.1) is 0 Å². The fraction of sp³-hybridized carbons (Fsp3) is 0.267. The van der Waals surface area contributed by atoms with Crippen LogP contribution >= 0.6 is 23.1 Å². The van der Waals surface area contributed by atoms with Crippen molar-refractivity contribution in [2.45, 2.75) is 13.5 Å². The summed E-state index contributed by atoms with van der Waals surface area (Å²) in [5.41, 5.74) is 1.80. The highest BCUT2D eigenvalue weighted by Gasteiger charge is 2.20. The Hall–Kier alpha value is -2.12. The van der Waals surface area contributed by atoms with Crippen molar-refractivity contribution in [2.75, 3.05) is 19.0 Å². The summed E-state index contributed by atoms with van der Waals surface area (Å²) in [6.07, 6.45) is 0. The fourth-order valence-corrected chi connectivity index (χ4v) is 2.83. The Balaban J connectivity index is 1.84. The van der Waals surface area contributed by atoms with Crippen LogP contribution in [0.2, 0.25) is 5.02 Å². The van der Waals surface area contributed by atoms with E-state index >= 15 is 0 Å². The molecule has 23 heavy (non-hydrogen) atoms. The van der Waals surface area contributed by atoms with Gasteiger partial charge in [0.15, 0.2) is 6.61 Å². The van der Waals surface area contributed by atoms with E-state index in [4.69, 9.17) is 16.3 Å². The minimum Gasteiger partial charge on any atom is -0.452 e. The third kappa shape index (κ3) is 4.67. The predicted octanol–water partition coefficient (Wildman–Crippen LogP) is 2.62. The summed E-state index contributed by atoms with van der Waals surface area (Å²) in [5, 5.41) is 6.76. The first-order valence-corrected chi connectivity index (χ1v) is 7.98. The van der Waals surface area contributed by atoms with E-state index in [1.165, 1.54) is 11.5 Å². The summed E-state index contributed by atoms with van der Waals surface area (Å²) in [4.78, 5) is 23.8. The zero-order valence-electron chi connectivity index (χ0n) is 12.7. The van der Waals surface area contributed by atoms with Gasteiger partial charge >= 0.3 is 5.97 Å². The zero-order valence-corrected chi connectivity index (χ0v) is 14.3. The summed E-state index contributed by atoms with van der Waals surface area (Å²) in [5.74, 6) is -0.955. The number of carbonyl (C=O) groups excluding carboxylic acids is 2. The molecule has 1 amide bonds. The van der Waals surface area contributed by atoms with E-state index in [0.29, 0.717) is 27.8 Å². The van der Waals surface area contributed by atoms with Crippen molar-refractivity contribution < 1.29 is 14.3 Å². The predicted molar refractivity (Wildman–Crippen MR) is 90.0 cm³/mol. The van der Waals surface area contributed by atoms with Crippen LogP contribution in [0.5, 0.6) is 0 Å². The number of rotatable bonds is 6. The lowest BCUT2D eigenvalue weighted by molar-refractivity contribution is -0.124. The molecule has 0 saturated heterocycles. The highest BCUT2D eigenvalue weighted by Crippen LogP contribution is 2.24. The van der Waals surface area contributed by atoms with Crippen LogP contribution in [0.15, 0.2) is 24.3 Å². The molecule has 1 heterocycles. The molecular weight excluding hydrogens is 338 g/mol. The third-order valence-corrected chi connectivity index (χ3v) is 4.20. The molecule has 0 aliphatic heterocycles. The maximum Gasteiger partial charge on any atom is 0.343 e. The molecule has 2 rings (SSSR count). The third-order valence-electron chi connectivity index (χ3n) is 3.01. The largest absolute Gasteiger partial charge is 0.452 e. The quantitative estimate of drug-likeness (QED) is 0.780. The molecule has 122 valence electrons. The molecule has 0 aliphatic rings. The molecule has 0 saturated carbocycles. The number of nitrogens with zero attached hydrogens (tertiary/aromatic N) is 1. The summed E-state index contributed by atoms with van der Waals surface area (Å²) < 4.78 is 9.12. The summed E-state index contributed by atoms with van der Waals surface area (Å²) in [6, 6.07) is 7.16. The highest BCUT2D eigenvalue weighted by molar-refractivity contribution is 7.10. The maximum atomic E-state index is 12.0. The Bertz CT molecular complexity index is 718. The monoisotopic (exact) mass is 353 g/mol. The Morgan fingerprint density at radius 2 is 2.17 bits per heavy atom. The number of esters is 1. The van der Waals surface area contributed by atoms with Gasteiger partial charge in [0, 0.05) is 18.6 Å². The summed E-state index contributed by atoms with van der Waals surface area (Å²) >= 11 is 7.04. The molecule has 0 unspecified atom stereocenters. The Kier molecular flexibility index (Phi) is 5.95. The number of aryl methyl sites for hydroxylation is 1. The van der Waals surface area contributed by atoms with Gasteiger partial charge in [-0.25, -0.2) is 4.79 Å². The van der Waals surface area contributed by atoms with Crippen LogP contribution in [-0.2, 0) is 16.1 Å². The molecule has 1 aromatic heterocycles. The summed E-state index contributed by atoms with van der Waals surface area (Å²) in [7, 11) is 1.70. The number of ether oxygens (including phenoxy) is 1. The number of nitrogens with one attached hydrogen (secondary N) is 2. The topological polar surface area (TPSA) is 80.3 Å². The molecule has 0 spiro atoms. The number of amides is 1. The minimum atomic E-state index is -0.571. The van der Waals surface area contributed by atoms with Crippen molar-refractivity contribution in [3.05, 3.63) is 46.1 Å². The fourth-order valence-electron chi connectivity index (χ4n) is 1.88. The molecule has 2 N–H and O–H groups in total. The van der Waals surface area contributed by atoms with Crippen LogP contribution in [-0.4, -0.2) is 29.9 Å².